The van der Waals surface area contributed by atoms with Gasteiger partial charge in [-0.3, -0.25) is 20.1 Å². The summed E-state index contributed by atoms with van der Waals surface area (Å²) in [4.78, 5) is 19.1. The molecule has 0 fully saturated rings. The molecule has 0 aliphatic carbocycles. The summed E-state index contributed by atoms with van der Waals surface area (Å²) in [6.07, 6.45) is 7.01. The minimum Gasteiger partial charge on any atom is -0.290 e. The number of nitro benzene ring substituents is 1. The molecule has 1 N–H and O–H groups in total. The Kier molecular flexibility index (Phi) is 5.67. The third-order valence-electron chi connectivity index (χ3n) is 5.06. The normalized spacial score (nSPS) is 11.2. The van der Waals surface area contributed by atoms with Gasteiger partial charge in [0.15, 0.2) is 5.82 Å². The van der Waals surface area contributed by atoms with E-state index in [0.29, 0.717) is 10.8 Å². The standard InChI is InChI=1S/C23H18N8O2S/c1-16-20(22(29-12-11-24-15-29)30(28-16)18-5-3-2-4-6-18)13-25-27-23-26-21(14-34-23)17-7-9-19(10-8-17)31(32)33/h2-15H,1H3,(H,26,27)/b25-13+. The van der Waals surface area contributed by atoms with Gasteiger partial charge in [0.2, 0.25) is 5.13 Å². The van der Waals surface area contributed by atoms with Crippen molar-refractivity contribution in [2.24, 2.45) is 5.10 Å². The van der Waals surface area contributed by atoms with Gasteiger partial charge in [-0.2, -0.15) is 10.2 Å². The number of anilines is 1. The van der Waals surface area contributed by atoms with Gasteiger partial charge in [-0.15, -0.1) is 11.3 Å². The van der Waals surface area contributed by atoms with E-state index in [-0.39, 0.29) is 5.69 Å². The van der Waals surface area contributed by atoms with Crippen molar-refractivity contribution in [3.8, 4) is 22.8 Å². The predicted octanol–water partition coefficient (Wildman–Crippen LogP) is 4.84. The molecule has 0 bridgehead atoms. The Balaban J connectivity index is 1.40. The lowest BCUT2D eigenvalue weighted by molar-refractivity contribution is -0.384. The SMILES string of the molecule is Cc1nn(-c2ccccc2)c(-n2ccnc2)c1/C=N/Nc1nc(-c2ccc([N+](=O)[O-])cc2)cs1. The van der Waals surface area contributed by atoms with Crippen molar-refractivity contribution >= 4 is 28.4 Å². The van der Waals surface area contributed by atoms with Crippen molar-refractivity contribution in [2.45, 2.75) is 6.92 Å². The van der Waals surface area contributed by atoms with Crippen molar-refractivity contribution in [1.82, 2.24) is 24.3 Å². The maximum atomic E-state index is 10.8. The first-order valence-electron chi connectivity index (χ1n) is 10.2. The number of hydrazone groups is 1. The van der Waals surface area contributed by atoms with Crippen LogP contribution in [0, 0.1) is 17.0 Å². The average Bonchev–Trinajstić information content (AvgIpc) is 3.61. The van der Waals surface area contributed by atoms with Crippen molar-refractivity contribution in [3.63, 3.8) is 0 Å². The van der Waals surface area contributed by atoms with E-state index >= 15 is 0 Å². The number of nitro groups is 1. The van der Waals surface area contributed by atoms with Crippen LogP contribution in [0.5, 0.6) is 0 Å². The molecular formula is C23H18N8O2S. The summed E-state index contributed by atoms with van der Waals surface area (Å²) in [6.45, 7) is 1.93. The van der Waals surface area contributed by atoms with Crippen LogP contribution in [0.1, 0.15) is 11.3 Å². The summed E-state index contributed by atoms with van der Waals surface area (Å²) in [5, 5.41) is 22.4. The molecule has 10 nitrogen and oxygen atoms in total. The molecule has 5 aromatic rings. The Labute approximate surface area is 198 Å². The van der Waals surface area contributed by atoms with Gasteiger partial charge in [0.25, 0.3) is 5.69 Å². The molecule has 11 heteroatoms. The third kappa shape index (κ3) is 4.19. The van der Waals surface area contributed by atoms with E-state index in [1.54, 1.807) is 30.9 Å². The fourth-order valence-electron chi connectivity index (χ4n) is 3.42. The molecule has 0 atom stereocenters. The van der Waals surface area contributed by atoms with E-state index < -0.39 is 4.92 Å². The van der Waals surface area contributed by atoms with Crippen LogP contribution in [0.2, 0.25) is 0 Å². The Morgan fingerprint density at radius 2 is 1.94 bits per heavy atom. The number of aryl methyl sites for hydroxylation is 1. The smallest absolute Gasteiger partial charge is 0.269 e. The number of nitrogens with zero attached hydrogens (tertiary/aromatic N) is 7. The highest BCUT2D eigenvalue weighted by molar-refractivity contribution is 7.14. The Hall–Kier alpha value is -4.64. The number of hydrogen-bond donors (Lipinski definition) is 1. The molecule has 3 heterocycles. The highest BCUT2D eigenvalue weighted by Crippen LogP contribution is 2.27. The second kappa shape index (κ2) is 9.08. The fourth-order valence-corrected chi connectivity index (χ4v) is 4.09. The fraction of sp³-hybridized carbons (Fsp3) is 0.0435. The first kappa shape index (κ1) is 21.2. The highest BCUT2D eigenvalue weighted by atomic mass is 32.1. The lowest BCUT2D eigenvalue weighted by atomic mass is 10.1. The van der Waals surface area contributed by atoms with Gasteiger partial charge in [0.05, 0.1) is 33.8 Å². The van der Waals surface area contributed by atoms with E-state index in [1.165, 1.54) is 23.5 Å². The molecule has 5 rings (SSSR count). The molecule has 0 radical (unpaired) electrons. The third-order valence-corrected chi connectivity index (χ3v) is 5.81. The van der Waals surface area contributed by atoms with E-state index in [0.717, 1.165) is 28.3 Å². The summed E-state index contributed by atoms with van der Waals surface area (Å²) in [7, 11) is 0. The van der Waals surface area contributed by atoms with E-state index in [2.05, 4.69) is 20.5 Å². The van der Waals surface area contributed by atoms with Crippen molar-refractivity contribution in [3.05, 3.63) is 100 Å². The van der Waals surface area contributed by atoms with Crippen LogP contribution in [0.25, 0.3) is 22.8 Å². The molecule has 0 aliphatic heterocycles. The van der Waals surface area contributed by atoms with Crippen molar-refractivity contribution < 1.29 is 4.92 Å². The number of thiazole rings is 1. The largest absolute Gasteiger partial charge is 0.290 e. The number of rotatable bonds is 7. The minimum atomic E-state index is -0.424. The molecule has 0 amide bonds. The van der Waals surface area contributed by atoms with Crippen molar-refractivity contribution in [2.75, 3.05) is 5.43 Å². The molecule has 0 unspecified atom stereocenters. The summed E-state index contributed by atoms with van der Waals surface area (Å²) in [5.41, 5.74) is 7.09. The number of imidazole rings is 1. The van der Waals surface area contributed by atoms with Crippen LogP contribution >= 0.6 is 11.3 Å². The van der Waals surface area contributed by atoms with Gasteiger partial charge < -0.3 is 0 Å². The van der Waals surface area contributed by atoms with Crippen molar-refractivity contribution in [1.29, 1.82) is 0 Å². The average molecular weight is 471 g/mol. The van der Waals surface area contributed by atoms with Crippen LogP contribution in [0.4, 0.5) is 10.8 Å². The number of para-hydroxylation sites is 1. The van der Waals surface area contributed by atoms with E-state index in [9.17, 15) is 10.1 Å². The molecule has 0 spiro atoms. The van der Waals surface area contributed by atoms with Gasteiger partial charge in [-0.05, 0) is 31.2 Å². The summed E-state index contributed by atoms with van der Waals surface area (Å²) in [5.74, 6) is 0.817. The van der Waals surface area contributed by atoms with Gasteiger partial charge in [-0.25, -0.2) is 14.6 Å². The number of aromatic nitrogens is 5. The van der Waals surface area contributed by atoms with Crippen LogP contribution in [0.15, 0.2) is 83.8 Å². The topological polar surface area (TPSA) is 116 Å². The Morgan fingerprint density at radius 1 is 1.15 bits per heavy atom. The monoisotopic (exact) mass is 470 g/mol. The van der Waals surface area contributed by atoms with E-state index in [4.69, 9.17) is 5.10 Å². The number of nitrogens with one attached hydrogen (secondary N) is 1. The Bertz CT molecular complexity index is 1450. The summed E-state index contributed by atoms with van der Waals surface area (Å²) in [6, 6.07) is 16.1. The zero-order chi connectivity index (χ0) is 23.5. The summed E-state index contributed by atoms with van der Waals surface area (Å²) < 4.78 is 3.75. The number of benzene rings is 2. The van der Waals surface area contributed by atoms with Gasteiger partial charge in [0.1, 0.15) is 6.33 Å². The summed E-state index contributed by atoms with van der Waals surface area (Å²) >= 11 is 1.39. The first-order valence-corrected chi connectivity index (χ1v) is 11.1. The van der Waals surface area contributed by atoms with Gasteiger partial charge in [0, 0.05) is 35.5 Å². The van der Waals surface area contributed by atoms with Gasteiger partial charge in [-0.1, -0.05) is 18.2 Å². The van der Waals surface area contributed by atoms with Crippen LogP contribution < -0.4 is 5.43 Å². The number of hydrogen-bond acceptors (Lipinski definition) is 8. The highest BCUT2D eigenvalue weighted by Gasteiger charge is 2.17. The lowest BCUT2D eigenvalue weighted by Crippen LogP contribution is -2.06. The maximum absolute atomic E-state index is 10.8. The molecule has 0 saturated heterocycles. The molecule has 34 heavy (non-hydrogen) atoms. The molecule has 168 valence electrons. The predicted molar refractivity (Wildman–Crippen MR) is 131 cm³/mol. The quantitative estimate of drug-likeness (QED) is 0.207. The van der Waals surface area contributed by atoms with Gasteiger partial charge >= 0.3 is 0 Å². The second-order valence-corrected chi connectivity index (χ2v) is 8.11. The molecule has 3 aromatic heterocycles. The molecule has 0 saturated carbocycles. The second-order valence-electron chi connectivity index (χ2n) is 7.25. The number of non-ortho nitro benzene ring substituents is 1. The van der Waals surface area contributed by atoms with Crippen LogP contribution in [-0.4, -0.2) is 35.5 Å². The lowest BCUT2D eigenvalue weighted by Gasteiger charge is -2.08. The maximum Gasteiger partial charge on any atom is 0.269 e. The molecular weight excluding hydrogens is 452 g/mol. The Morgan fingerprint density at radius 3 is 2.65 bits per heavy atom. The molecule has 0 aliphatic rings. The zero-order valence-electron chi connectivity index (χ0n) is 17.9. The first-order chi connectivity index (χ1) is 16.6. The van der Waals surface area contributed by atoms with Crippen LogP contribution in [-0.2, 0) is 0 Å². The minimum absolute atomic E-state index is 0.0436. The molecule has 2 aromatic carbocycles. The van der Waals surface area contributed by atoms with Crippen LogP contribution in [0.3, 0.4) is 0 Å². The zero-order valence-corrected chi connectivity index (χ0v) is 18.8. The van der Waals surface area contributed by atoms with E-state index in [1.807, 2.05) is 58.1 Å².